The minimum absolute atomic E-state index is 0.00449. The summed E-state index contributed by atoms with van der Waals surface area (Å²) in [6.45, 7) is 1.50. The SMILES string of the molecule is COCC(N)C(=O)C1CCOC1. The van der Waals surface area contributed by atoms with Crippen molar-refractivity contribution in [2.45, 2.75) is 12.5 Å². The molecule has 12 heavy (non-hydrogen) atoms. The average molecular weight is 173 g/mol. The number of ether oxygens (including phenoxy) is 2. The number of carbonyl (C=O) groups is 1. The lowest BCUT2D eigenvalue weighted by Crippen LogP contribution is -2.39. The molecule has 0 aromatic carbocycles. The normalized spacial score (nSPS) is 25.7. The second-order valence-electron chi connectivity index (χ2n) is 3.02. The van der Waals surface area contributed by atoms with Crippen molar-refractivity contribution in [3.8, 4) is 0 Å². The van der Waals surface area contributed by atoms with Crippen molar-refractivity contribution < 1.29 is 14.3 Å². The molecule has 4 nitrogen and oxygen atoms in total. The first-order valence-electron chi connectivity index (χ1n) is 4.11. The Hall–Kier alpha value is -0.450. The van der Waals surface area contributed by atoms with Gasteiger partial charge in [0, 0.05) is 19.6 Å². The van der Waals surface area contributed by atoms with E-state index in [1.807, 2.05) is 0 Å². The van der Waals surface area contributed by atoms with Crippen LogP contribution >= 0.6 is 0 Å². The van der Waals surface area contributed by atoms with E-state index in [0.29, 0.717) is 19.8 Å². The van der Waals surface area contributed by atoms with Gasteiger partial charge in [-0.1, -0.05) is 0 Å². The van der Waals surface area contributed by atoms with Gasteiger partial charge < -0.3 is 15.2 Å². The molecule has 2 unspecified atom stereocenters. The monoisotopic (exact) mass is 173 g/mol. The second kappa shape index (κ2) is 4.54. The Morgan fingerprint density at radius 3 is 3.08 bits per heavy atom. The summed E-state index contributed by atoms with van der Waals surface area (Å²) >= 11 is 0. The van der Waals surface area contributed by atoms with Gasteiger partial charge >= 0.3 is 0 Å². The van der Waals surface area contributed by atoms with Crippen LogP contribution in [-0.4, -0.2) is 38.8 Å². The first-order valence-corrected chi connectivity index (χ1v) is 4.11. The standard InChI is InChI=1S/C8H15NO3/c1-11-5-7(9)8(10)6-2-3-12-4-6/h6-7H,2-5,9H2,1H3. The molecule has 0 radical (unpaired) electrons. The number of methoxy groups -OCH3 is 1. The highest BCUT2D eigenvalue weighted by molar-refractivity contribution is 5.86. The summed E-state index contributed by atoms with van der Waals surface area (Å²) in [5.41, 5.74) is 5.58. The predicted octanol–water partition coefficient (Wildman–Crippen LogP) is -0.434. The number of rotatable bonds is 4. The summed E-state index contributed by atoms with van der Waals surface area (Å²) < 4.78 is 9.89. The zero-order valence-corrected chi connectivity index (χ0v) is 7.29. The molecule has 0 amide bonds. The van der Waals surface area contributed by atoms with Crippen LogP contribution in [-0.2, 0) is 14.3 Å². The van der Waals surface area contributed by atoms with Crippen LogP contribution in [0.1, 0.15) is 6.42 Å². The van der Waals surface area contributed by atoms with Gasteiger partial charge in [-0.05, 0) is 6.42 Å². The van der Waals surface area contributed by atoms with Gasteiger partial charge in [-0.3, -0.25) is 4.79 Å². The van der Waals surface area contributed by atoms with Crippen molar-refractivity contribution in [3.63, 3.8) is 0 Å². The molecule has 0 aromatic heterocycles. The van der Waals surface area contributed by atoms with E-state index >= 15 is 0 Å². The van der Waals surface area contributed by atoms with E-state index < -0.39 is 6.04 Å². The molecule has 2 atom stereocenters. The third-order valence-corrected chi connectivity index (χ3v) is 2.04. The maximum atomic E-state index is 11.5. The summed E-state index contributed by atoms with van der Waals surface area (Å²) in [7, 11) is 1.54. The smallest absolute Gasteiger partial charge is 0.157 e. The molecule has 2 N–H and O–H groups in total. The fourth-order valence-electron chi connectivity index (χ4n) is 1.32. The Labute approximate surface area is 72.0 Å². The average Bonchev–Trinajstić information content (AvgIpc) is 2.55. The van der Waals surface area contributed by atoms with Crippen LogP contribution in [0.15, 0.2) is 0 Å². The molecule has 0 spiro atoms. The van der Waals surface area contributed by atoms with Gasteiger partial charge in [0.05, 0.1) is 19.3 Å². The molecule has 4 heteroatoms. The highest BCUT2D eigenvalue weighted by Gasteiger charge is 2.27. The lowest BCUT2D eigenvalue weighted by Gasteiger charge is -2.12. The third kappa shape index (κ3) is 2.27. The number of carbonyl (C=O) groups excluding carboxylic acids is 1. The van der Waals surface area contributed by atoms with E-state index in [4.69, 9.17) is 15.2 Å². The zero-order chi connectivity index (χ0) is 8.97. The largest absolute Gasteiger partial charge is 0.383 e. The van der Waals surface area contributed by atoms with Crippen LogP contribution in [0, 0.1) is 5.92 Å². The number of nitrogens with two attached hydrogens (primary N) is 1. The van der Waals surface area contributed by atoms with Crippen molar-refractivity contribution in [1.29, 1.82) is 0 Å². The first kappa shape index (κ1) is 9.64. The van der Waals surface area contributed by atoms with Crippen LogP contribution in [0.4, 0.5) is 0 Å². The van der Waals surface area contributed by atoms with E-state index in [1.165, 1.54) is 7.11 Å². The van der Waals surface area contributed by atoms with E-state index in [-0.39, 0.29) is 11.7 Å². The number of ketones is 1. The molecule has 1 heterocycles. The third-order valence-electron chi connectivity index (χ3n) is 2.04. The Kier molecular flexibility index (Phi) is 3.65. The Morgan fingerprint density at radius 1 is 1.83 bits per heavy atom. The molecule has 0 aliphatic carbocycles. The van der Waals surface area contributed by atoms with Gasteiger partial charge in [-0.25, -0.2) is 0 Å². The molecule has 1 rings (SSSR count). The predicted molar refractivity (Wildman–Crippen MR) is 43.8 cm³/mol. The molecule has 0 saturated carbocycles. The summed E-state index contributed by atoms with van der Waals surface area (Å²) in [6, 6.07) is -0.485. The van der Waals surface area contributed by atoms with Gasteiger partial charge in [0.2, 0.25) is 0 Å². The molecule has 0 bridgehead atoms. The van der Waals surface area contributed by atoms with Crippen molar-refractivity contribution in [3.05, 3.63) is 0 Å². The van der Waals surface area contributed by atoms with Crippen molar-refractivity contribution in [2.75, 3.05) is 26.9 Å². The van der Waals surface area contributed by atoms with Gasteiger partial charge in [-0.2, -0.15) is 0 Å². The molecule has 1 aliphatic heterocycles. The molecule has 1 aliphatic rings. The van der Waals surface area contributed by atoms with Crippen LogP contribution in [0.2, 0.25) is 0 Å². The topological polar surface area (TPSA) is 61.5 Å². The van der Waals surface area contributed by atoms with Gasteiger partial charge in [0.1, 0.15) is 0 Å². The van der Waals surface area contributed by atoms with Gasteiger partial charge in [0.15, 0.2) is 5.78 Å². The summed E-state index contributed by atoms with van der Waals surface area (Å²) in [5, 5.41) is 0. The molecular weight excluding hydrogens is 158 g/mol. The number of hydrogen-bond acceptors (Lipinski definition) is 4. The van der Waals surface area contributed by atoms with Crippen LogP contribution in [0.3, 0.4) is 0 Å². The Morgan fingerprint density at radius 2 is 2.58 bits per heavy atom. The lowest BCUT2D eigenvalue weighted by molar-refractivity contribution is -0.125. The van der Waals surface area contributed by atoms with Crippen molar-refractivity contribution in [1.82, 2.24) is 0 Å². The van der Waals surface area contributed by atoms with E-state index in [0.717, 1.165) is 6.42 Å². The highest BCUT2D eigenvalue weighted by atomic mass is 16.5. The van der Waals surface area contributed by atoms with Crippen LogP contribution in [0.25, 0.3) is 0 Å². The molecule has 0 aromatic rings. The summed E-state index contributed by atoms with van der Waals surface area (Å²) in [6.07, 6.45) is 0.802. The summed E-state index contributed by atoms with van der Waals surface area (Å²) in [5.74, 6) is 0.0597. The number of Topliss-reactive ketones (excluding diaryl/α,β-unsaturated/α-hetero) is 1. The maximum Gasteiger partial charge on any atom is 0.157 e. The second-order valence-corrected chi connectivity index (χ2v) is 3.02. The number of hydrogen-bond donors (Lipinski definition) is 1. The minimum atomic E-state index is -0.485. The maximum absolute atomic E-state index is 11.5. The zero-order valence-electron chi connectivity index (χ0n) is 7.29. The summed E-state index contributed by atoms with van der Waals surface area (Å²) in [4.78, 5) is 11.5. The van der Waals surface area contributed by atoms with Crippen LogP contribution in [0.5, 0.6) is 0 Å². The van der Waals surface area contributed by atoms with Crippen LogP contribution < -0.4 is 5.73 Å². The van der Waals surface area contributed by atoms with E-state index in [1.54, 1.807) is 0 Å². The molecular formula is C8H15NO3. The van der Waals surface area contributed by atoms with E-state index in [2.05, 4.69) is 0 Å². The molecule has 1 saturated heterocycles. The van der Waals surface area contributed by atoms with E-state index in [9.17, 15) is 4.79 Å². The first-order chi connectivity index (χ1) is 5.75. The minimum Gasteiger partial charge on any atom is -0.383 e. The van der Waals surface area contributed by atoms with Gasteiger partial charge in [-0.15, -0.1) is 0 Å². The Balaban J connectivity index is 2.34. The quantitative estimate of drug-likeness (QED) is 0.626. The Bertz CT molecular complexity index is 154. The van der Waals surface area contributed by atoms with Crippen molar-refractivity contribution in [2.24, 2.45) is 11.7 Å². The highest BCUT2D eigenvalue weighted by Crippen LogP contribution is 2.14. The fourth-order valence-corrected chi connectivity index (χ4v) is 1.32. The fraction of sp³-hybridized carbons (Fsp3) is 0.875. The van der Waals surface area contributed by atoms with Gasteiger partial charge in [0.25, 0.3) is 0 Å². The lowest BCUT2D eigenvalue weighted by atomic mass is 9.98. The van der Waals surface area contributed by atoms with Crippen molar-refractivity contribution >= 4 is 5.78 Å². The molecule has 1 fully saturated rings. The molecule has 70 valence electrons.